The van der Waals surface area contributed by atoms with Crippen molar-refractivity contribution in [3.8, 4) is 11.4 Å². The van der Waals surface area contributed by atoms with Crippen LogP contribution in [0.25, 0.3) is 11.8 Å². The first-order chi connectivity index (χ1) is 8.74. The van der Waals surface area contributed by atoms with Crippen LogP contribution in [0.15, 0.2) is 49.5 Å². The SMILES string of the molecule is C=C/C=C/c1ccc(-n2cnc(C)c2)c(OC)c1. The van der Waals surface area contributed by atoms with Gasteiger partial charge in [0.1, 0.15) is 5.75 Å². The second-order valence-corrected chi connectivity index (χ2v) is 3.95. The van der Waals surface area contributed by atoms with Crippen LogP contribution in [0, 0.1) is 6.92 Å². The molecule has 18 heavy (non-hydrogen) atoms. The molecule has 0 unspecified atom stereocenters. The lowest BCUT2D eigenvalue weighted by atomic mass is 10.1. The first-order valence-electron chi connectivity index (χ1n) is 5.72. The predicted molar refractivity (Wildman–Crippen MR) is 74.1 cm³/mol. The van der Waals surface area contributed by atoms with Crippen LogP contribution in [0.4, 0.5) is 0 Å². The van der Waals surface area contributed by atoms with Gasteiger partial charge in [0.25, 0.3) is 0 Å². The summed E-state index contributed by atoms with van der Waals surface area (Å²) in [6.45, 7) is 5.62. The molecule has 1 heterocycles. The molecule has 3 nitrogen and oxygen atoms in total. The second-order valence-electron chi connectivity index (χ2n) is 3.95. The number of hydrogen-bond acceptors (Lipinski definition) is 2. The highest BCUT2D eigenvalue weighted by molar-refractivity contribution is 5.59. The van der Waals surface area contributed by atoms with E-state index >= 15 is 0 Å². The fourth-order valence-corrected chi connectivity index (χ4v) is 1.74. The van der Waals surface area contributed by atoms with Gasteiger partial charge in [0, 0.05) is 6.20 Å². The lowest BCUT2D eigenvalue weighted by Gasteiger charge is -2.09. The van der Waals surface area contributed by atoms with E-state index in [1.165, 1.54) is 0 Å². The quantitative estimate of drug-likeness (QED) is 0.766. The number of rotatable bonds is 4. The lowest BCUT2D eigenvalue weighted by Crippen LogP contribution is -1.95. The van der Waals surface area contributed by atoms with E-state index < -0.39 is 0 Å². The smallest absolute Gasteiger partial charge is 0.143 e. The van der Waals surface area contributed by atoms with Crippen molar-refractivity contribution < 1.29 is 4.74 Å². The van der Waals surface area contributed by atoms with Crippen molar-refractivity contribution >= 4 is 6.08 Å². The predicted octanol–water partition coefficient (Wildman–Crippen LogP) is 3.39. The third-order valence-corrected chi connectivity index (χ3v) is 2.62. The van der Waals surface area contributed by atoms with E-state index in [-0.39, 0.29) is 0 Å². The van der Waals surface area contributed by atoms with Gasteiger partial charge in [0.05, 0.1) is 24.8 Å². The molecule has 0 aliphatic heterocycles. The van der Waals surface area contributed by atoms with Crippen molar-refractivity contribution in [2.75, 3.05) is 7.11 Å². The number of ether oxygens (including phenoxy) is 1. The third-order valence-electron chi connectivity index (χ3n) is 2.62. The van der Waals surface area contributed by atoms with Gasteiger partial charge >= 0.3 is 0 Å². The van der Waals surface area contributed by atoms with Crippen LogP contribution in [-0.2, 0) is 0 Å². The Hall–Kier alpha value is -2.29. The number of benzene rings is 1. The minimum atomic E-state index is 0.818. The highest BCUT2D eigenvalue weighted by Crippen LogP contribution is 2.25. The molecule has 1 aromatic heterocycles. The molecule has 2 rings (SSSR count). The zero-order chi connectivity index (χ0) is 13.0. The molecule has 0 aliphatic rings. The van der Waals surface area contributed by atoms with Gasteiger partial charge in [0.15, 0.2) is 0 Å². The highest BCUT2D eigenvalue weighted by Gasteiger charge is 2.05. The van der Waals surface area contributed by atoms with Crippen LogP contribution in [0.1, 0.15) is 11.3 Å². The van der Waals surface area contributed by atoms with Gasteiger partial charge in [-0.15, -0.1) is 0 Å². The van der Waals surface area contributed by atoms with E-state index in [0.717, 1.165) is 22.7 Å². The zero-order valence-corrected chi connectivity index (χ0v) is 10.6. The maximum atomic E-state index is 5.42. The number of imidazole rings is 1. The molecule has 0 atom stereocenters. The Morgan fingerprint density at radius 1 is 1.39 bits per heavy atom. The number of nitrogens with zero attached hydrogens (tertiary/aromatic N) is 2. The Balaban J connectivity index is 2.43. The van der Waals surface area contributed by atoms with E-state index in [4.69, 9.17) is 4.74 Å². The number of hydrogen-bond donors (Lipinski definition) is 0. The Morgan fingerprint density at radius 2 is 2.22 bits per heavy atom. The molecule has 0 spiro atoms. The summed E-state index contributed by atoms with van der Waals surface area (Å²) in [4.78, 5) is 4.22. The summed E-state index contributed by atoms with van der Waals surface area (Å²) in [5, 5.41) is 0. The Kier molecular flexibility index (Phi) is 3.63. The molecule has 0 bridgehead atoms. The summed E-state index contributed by atoms with van der Waals surface area (Å²) in [5.41, 5.74) is 3.04. The van der Waals surface area contributed by atoms with Crippen molar-refractivity contribution in [3.63, 3.8) is 0 Å². The highest BCUT2D eigenvalue weighted by atomic mass is 16.5. The van der Waals surface area contributed by atoms with Gasteiger partial charge < -0.3 is 9.30 Å². The summed E-state index contributed by atoms with van der Waals surface area (Å²) in [7, 11) is 1.67. The van der Waals surface area contributed by atoms with Gasteiger partial charge in [-0.25, -0.2) is 4.98 Å². The van der Waals surface area contributed by atoms with Gasteiger partial charge in [-0.2, -0.15) is 0 Å². The number of methoxy groups -OCH3 is 1. The van der Waals surface area contributed by atoms with Gasteiger partial charge in [-0.3, -0.25) is 0 Å². The van der Waals surface area contributed by atoms with Crippen LogP contribution in [0.2, 0.25) is 0 Å². The largest absolute Gasteiger partial charge is 0.495 e. The van der Waals surface area contributed by atoms with E-state index in [0.29, 0.717) is 0 Å². The topological polar surface area (TPSA) is 27.1 Å². The maximum Gasteiger partial charge on any atom is 0.143 e. The molecule has 0 saturated carbocycles. The Bertz CT molecular complexity index is 582. The van der Waals surface area contributed by atoms with Crippen molar-refractivity contribution in [1.29, 1.82) is 0 Å². The first kappa shape index (κ1) is 12.2. The molecular weight excluding hydrogens is 224 g/mol. The minimum Gasteiger partial charge on any atom is -0.495 e. The summed E-state index contributed by atoms with van der Waals surface area (Å²) >= 11 is 0. The monoisotopic (exact) mass is 240 g/mol. The summed E-state index contributed by atoms with van der Waals surface area (Å²) < 4.78 is 7.37. The van der Waals surface area contributed by atoms with Crippen LogP contribution in [0.3, 0.4) is 0 Å². The molecule has 2 aromatic rings. The van der Waals surface area contributed by atoms with Crippen molar-refractivity contribution in [2.45, 2.75) is 6.92 Å². The number of aromatic nitrogens is 2. The van der Waals surface area contributed by atoms with E-state index in [1.54, 1.807) is 19.5 Å². The van der Waals surface area contributed by atoms with E-state index in [2.05, 4.69) is 11.6 Å². The average molecular weight is 240 g/mol. The fourth-order valence-electron chi connectivity index (χ4n) is 1.74. The number of aryl methyl sites for hydroxylation is 1. The maximum absolute atomic E-state index is 5.42. The zero-order valence-electron chi connectivity index (χ0n) is 10.6. The van der Waals surface area contributed by atoms with Crippen molar-refractivity contribution in [3.05, 3.63) is 60.7 Å². The van der Waals surface area contributed by atoms with Gasteiger partial charge in [-0.05, 0) is 24.6 Å². The van der Waals surface area contributed by atoms with Crippen molar-refractivity contribution in [2.24, 2.45) is 0 Å². The summed E-state index contributed by atoms with van der Waals surface area (Å²) in [6.07, 6.45) is 9.39. The fraction of sp³-hybridized carbons (Fsp3) is 0.133. The first-order valence-corrected chi connectivity index (χ1v) is 5.72. The minimum absolute atomic E-state index is 0.818. The van der Waals surface area contributed by atoms with Crippen LogP contribution >= 0.6 is 0 Å². The average Bonchev–Trinajstić information content (AvgIpc) is 2.82. The molecule has 92 valence electrons. The van der Waals surface area contributed by atoms with Gasteiger partial charge in [-0.1, -0.05) is 30.9 Å². The molecule has 1 aromatic carbocycles. The Labute approximate surface area is 107 Å². The van der Waals surface area contributed by atoms with Gasteiger partial charge in [0.2, 0.25) is 0 Å². The normalized spacial score (nSPS) is 10.8. The summed E-state index contributed by atoms with van der Waals surface area (Å²) in [5.74, 6) is 0.818. The second kappa shape index (κ2) is 5.36. The molecule has 0 radical (unpaired) electrons. The van der Waals surface area contributed by atoms with E-state index in [1.807, 2.05) is 48.0 Å². The Morgan fingerprint density at radius 3 is 2.83 bits per heavy atom. The van der Waals surface area contributed by atoms with Crippen molar-refractivity contribution in [1.82, 2.24) is 9.55 Å². The number of allylic oxidation sites excluding steroid dienone is 2. The van der Waals surface area contributed by atoms with Crippen LogP contribution in [-0.4, -0.2) is 16.7 Å². The molecule has 0 aliphatic carbocycles. The molecule has 3 heteroatoms. The van der Waals surface area contributed by atoms with Crippen LogP contribution < -0.4 is 4.74 Å². The lowest BCUT2D eigenvalue weighted by molar-refractivity contribution is 0.413. The molecule has 0 saturated heterocycles. The standard InChI is InChI=1S/C15H16N2O/c1-4-5-6-13-7-8-14(15(9-13)18-3)17-10-12(2)16-11-17/h4-11H,1H2,2-3H3/b6-5+. The molecule has 0 amide bonds. The summed E-state index contributed by atoms with van der Waals surface area (Å²) in [6, 6.07) is 6.04. The van der Waals surface area contributed by atoms with Crippen LogP contribution in [0.5, 0.6) is 5.75 Å². The molecular formula is C15H16N2O. The molecule has 0 fully saturated rings. The van der Waals surface area contributed by atoms with E-state index in [9.17, 15) is 0 Å². The molecule has 0 N–H and O–H groups in total. The third kappa shape index (κ3) is 2.51.